The maximum atomic E-state index is 13.4. The van der Waals surface area contributed by atoms with E-state index >= 15 is 0 Å². The van der Waals surface area contributed by atoms with Gasteiger partial charge in [-0.2, -0.15) is 0 Å². The van der Waals surface area contributed by atoms with Crippen LogP contribution >= 0.6 is 0 Å². The fourth-order valence-electron chi connectivity index (χ4n) is 4.85. The van der Waals surface area contributed by atoms with E-state index in [1.807, 2.05) is 68.7 Å². The minimum absolute atomic E-state index is 0. The van der Waals surface area contributed by atoms with E-state index in [-0.39, 0.29) is 32.3 Å². The third-order valence-electron chi connectivity index (χ3n) is 6.93. The zero-order valence-corrected chi connectivity index (χ0v) is 25.6. The van der Waals surface area contributed by atoms with Gasteiger partial charge in [0.05, 0.1) is 46.0 Å². The van der Waals surface area contributed by atoms with Gasteiger partial charge in [-0.1, -0.05) is 59.2 Å². The van der Waals surface area contributed by atoms with Gasteiger partial charge in [0.15, 0.2) is 0 Å². The van der Waals surface area contributed by atoms with E-state index in [0.717, 1.165) is 57.0 Å². The molecular weight excluding hydrogens is 725 g/mol. The van der Waals surface area contributed by atoms with Crippen molar-refractivity contribution in [3.63, 3.8) is 0 Å². The first kappa shape index (κ1) is 29.9. The second kappa shape index (κ2) is 12.8. The molecule has 0 unspecified atom stereocenters. The van der Waals surface area contributed by atoms with Crippen LogP contribution in [0.4, 0.5) is 8.78 Å². The third-order valence-corrected chi connectivity index (χ3v) is 6.93. The molecule has 217 valence electrons. The number of aromatic nitrogens is 5. The molecule has 0 bridgehead atoms. The van der Waals surface area contributed by atoms with Crippen LogP contribution in [-0.2, 0) is 40.8 Å². The molecule has 6 nitrogen and oxygen atoms in total. The Hall–Kier alpha value is -4.56. The van der Waals surface area contributed by atoms with Crippen LogP contribution in [0.3, 0.4) is 0 Å². The summed E-state index contributed by atoms with van der Waals surface area (Å²) in [6.45, 7) is -0.226. The van der Waals surface area contributed by atoms with Crippen LogP contribution in [0.2, 0.25) is 0 Å². The maximum absolute atomic E-state index is 13.4. The number of halogens is 2. The molecule has 3 heterocycles. The predicted molar refractivity (Wildman–Crippen MR) is 159 cm³/mol. The summed E-state index contributed by atoms with van der Waals surface area (Å²) in [4.78, 5) is 13.6. The van der Waals surface area contributed by atoms with E-state index in [1.54, 1.807) is 18.2 Å². The Morgan fingerprint density at radius 2 is 1.28 bits per heavy atom. The topological polar surface area (TPSA) is 68.8 Å². The first-order valence-corrected chi connectivity index (χ1v) is 13.2. The molecule has 0 saturated heterocycles. The van der Waals surface area contributed by atoms with Gasteiger partial charge in [0, 0.05) is 45.8 Å². The molecule has 1 N–H and O–H groups in total. The summed E-state index contributed by atoms with van der Waals surface area (Å²) in [7, 11) is 4.08. The van der Waals surface area contributed by atoms with Crippen molar-refractivity contribution in [1.29, 1.82) is 0 Å². The van der Waals surface area contributed by atoms with Crippen LogP contribution in [0.15, 0.2) is 97.1 Å². The van der Waals surface area contributed by atoms with E-state index in [9.17, 15) is 8.78 Å². The molecule has 0 aliphatic carbocycles. The monoisotopic (exact) mass is 750 g/mol. The van der Waals surface area contributed by atoms with Gasteiger partial charge in [0.25, 0.3) is 0 Å². The van der Waals surface area contributed by atoms with Gasteiger partial charge in [-0.05, 0) is 36.0 Å². The van der Waals surface area contributed by atoms with E-state index in [4.69, 9.17) is 15.1 Å². The molecule has 7 aromatic rings. The van der Waals surface area contributed by atoms with Crippen LogP contribution in [0.1, 0.15) is 5.69 Å². The van der Waals surface area contributed by atoms with Crippen LogP contribution < -0.4 is 0 Å². The van der Waals surface area contributed by atoms with Crippen molar-refractivity contribution in [1.82, 2.24) is 24.1 Å². The number of imidazole rings is 2. The number of hydrogen-bond acceptors (Lipinski definition) is 4. The van der Waals surface area contributed by atoms with Gasteiger partial charge in [-0.25, -0.2) is 0 Å². The van der Waals surface area contributed by atoms with Crippen molar-refractivity contribution < 1.29 is 34.0 Å². The average Bonchev–Trinajstić information content (AvgIpc) is 3.54. The first-order valence-electron chi connectivity index (χ1n) is 13.2. The summed E-state index contributed by atoms with van der Waals surface area (Å²) in [6, 6.07) is 35.1. The number of aliphatic hydroxyl groups is 1. The zero-order valence-electron chi connectivity index (χ0n) is 23.2. The molecule has 0 saturated carbocycles. The molecule has 0 spiro atoms. The maximum Gasteiger partial charge on any atom is 0.0843 e. The van der Waals surface area contributed by atoms with Crippen molar-refractivity contribution in [2.45, 2.75) is 6.61 Å². The summed E-state index contributed by atoms with van der Waals surface area (Å²) in [5, 5.41) is 8.90. The Balaban J connectivity index is 0.000000188. The van der Waals surface area contributed by atoms with Gasteiger partial charge >= 0.3 is 0 Å². The largest absolute Gasteiger partial charge is 0.390 e. The molecule has 43 heavy (non-hydrogen) atoms. The number of benzene rings is 4. The molecule has 0 atom stereocenters. The number of pyridine rings is 1. The number of hydrogen-bond donors (Lipinski definition) is 1. The molecule has 3 aromatic heterocycles. The number of aliphatic hydroxyl groups excluding tert-OH is 1. The van der Waals surface area contributed by atoms with Crippen LogP contribution in [-0.4, -0.2) is 29.2 Å². The SMILES string of the molecule is Cn1c(-c2[c-]c(-c3nc4ccccc4n3C)ccc2)nc2ccccc21.OCc1cccc(-c2[c-]cc(F)cc2F)n1.[Ir]. The third kappa shape index (κ3) is 6.01. The van der Waals surface area contributed by atoms with Crippen molar-refractivity contribution in [2.75, 3.05) is 0 Å². The normalized spacial score (nSPS) is 10.8. The van der Waals surface area contributed by atoms with Crippen molar-refractivity contribution in [3.8, 4) is 34.0 Å². The molecule has 0 aliphatic heterocycles. The number of aryl methyl sites for hydroxylation is 2. The molecular formula is C34H25F2IrN5O-2. The van der Waals surface area contributed by atoms with Gasteiger partial charge in [0.1, 0.15) is 0 Å². The fourth-order valence-corrected chi connectivity index (χ4v) is 4.85. The van der Waals surface area contributed by atoms with Crippen molar-refractivity contribution in [3.05, 3.63) is 127 Å². The van der Waals surface area contributed by atoms with E-state index in [2.05, 4.69) is 38.4 Å². The van der Waals surface area contributed by atoms with E-state index in [0.29, 0.717) is 11.4 Å². The van der Waals surface area contributed by atoms with E-state index < -0.39 is 11.6 Å². The van der Waals surface area contributed by atoms with E-state index in [1.165, 1.54) is 0 Å². The molecule has 1 radical (unpaired) electrons. The molecule has 4 aromatic carbocycles. The Bertz CT molecular complexity index is 1960. The number of fused-ring (bicyclic) bond motifs is 2. The molecule has 0 amide bonds. The van der Waals surface area contributed by atoms with Gasteiger partial charge < -0.3 is 14.2 Å². The fraction of sp³-hybridized carbons (Fsp3) is 0.0882. The molecule has 7 rings (SSSR count). The minimum atomic E-state index is -0.720. The zero-order chi connectivity index (χ0) is 29.2. The first-order chi connectivity index (χ1) is 20.4. The molecule has 0 aliphatic rings. The standard InChI is InChI=1S/C22H17N4.C12H8F2NO.Ir/c1-25-19-12-5-3-10-17(19)23-21(25)15-8-7-9-16(14-15)22-24-18-11-4-6-13-20(18)26(22)2;13-8-4-5-10(11(14)6-8)12-3-1-2-9(7-16)15-12;/h3-13H,1-2H3;1-4,6,16H,7H2;/q2*-1;. The second-order valence-electron chi connectivity index (χ2n) is 9.66. The smallest absolute Gasteiger partial charge is 0.0843 e. The quantitative estimate of drug-likeness (QED) is 0.199. The number of nitrogens with zero attached hydrogens (tertiary/aromatic N) is 5. The Kier molecular flexibility index (Phi) is 8.87. The van der Waals surface area contributed by atoms with Crippen molar-refractivity contribution >= 4 is 22.1 Å². The predicted octanol–water partition coefficient (Wildman–Crippen LogP) is 6.91. The Morgan fingerprint density at radius 1 is 0.721 bits per heavy atom. The Labute approximate surface area is 260 Å². The molecule has 0 fully saturated rings. The van der Waals surface area contributed by atoms with Crippen LogP contribution in [0.25, 0.3) is 56.1 Å². The number of rotatable bonds is 4. The van der Waals surface area contributed by atoms with Gasteiger partial charge in [-0.15, -0.1) is 36.4 Å². The summed E-state index contributed by atoms with van der Waals surface area (Å²) < 4.78 is 30.3. The summed E-state index contributed by atoms with van der Waals surface area (Å²) >= 11 is 0. The summed E-state index contributed by atoms with van der Waals surface area (Å²) in [5.74, 6) is 0.417. The minimum Gasteiger partial charge on any atom is -0.390 e. The van der Waals surface area contributed by atoms with Gasteiger partial charge in [0.2, 0.25) is 0 Å². The summed E-state index contributed by atoms with van der Waals surface area (Å²) in [5.41, 5.74) is 6.99. The van der Waals surface area contributed by atoms with Crippen molar-refractivity contribution in [2.24, 2.45) is 14.1 Å². The average molecular weight is 750 g/mol. The van der Waals surface area contributed by atoms with Crippen LogP contribution in [0.5, 0.6) is 0 Å². The second-order valence-corrected chi connectivity index (χ2v) is 9.66. The van der Waals surface area contributed by atoms with Crippen LogP contribution in [0, 0.1) is 23.8 Å². The van der Waals surface area contributed by atoms with Gasteiger partial charge in [-0.3, -0.25) is 23.7 Å². The molecule has 9 heteroatoms. The summed E-state index contributed by atoms with van der Waals surface area (Å²) in [6.07, 6.45) is 0. The Morgan fingerprint density at radius 3 is 1.81 bits per heavy atom. The number of para-hydroxylation sites is 4.